The lowest BCUT2D eigenvalue weighted by Crippen LogP contribution is -2.40. The summed E-state index contributed by atoms with van der Waals surface area (Å²) >= 11 is 6.37. The fourth-order valence-corrected chi connectivity index (χ4v) is 5.36. The minimum absolute atomic E-state index is 0.130. The number of hydrogen-bond donors (Lipinski definition) is 4. The van der Waals surface area contributed by atoms with Crippen LogP contribution in [0.4, 0.5) is 60.0 Å². The topological polar surface area (TPSA) is 163 Å². The summed E-state index contributed by atoms with van der Waals surface area (Å²) in [7, 11) is 1.78. The summed E-state index contributed by atoms with van der Waals surface area (Å²) in [5.74, 6) is -6.03. The van der Waals surface area contributed by atoms with Gasteiger partial charge in [0.15, 0.2) is 5.82 Å². The van der Waals surface area contributed by atoms with Crippen molar-refractivity contribution >= 4 is 63.9 Å². The van der Waals surface area contributed by atoms with Crippen LogP contribution in [0.2, 0.25) is 5.02 Å². The molecule has 0 saturated carbocycles. The highest BCUT2D eigenvalue weighted by Crippen LogP contribution is 2.30. The Bertz CT molecular complexity index is 1980. The maximum absolute atomic E-state index is 13.0. The highest BCUT2D eigenvalue weighted by atomic mass is 35.5. The smallest absolute Gasteiger partial charge is 0.339 e. The minimum atomic E-state index is -5.77. The summed E-state index contributed by atoms with van der Waals surface area (Å²) in [6.45, 7) is 0.998. The molecule has 6 bridgehead atoms. The van der Waals surface area contributed by atoms with E-state index < -0.39 is 23.9 Å². The zero-order valence-corrected chi connectivity index (χ0v) is 27.7. The van der Waals surface area contributed by atoms with Gasteiger partial charge in [-0.15, -0.1) is 0 Å². The molecule has 0 radical (unpaired) electrons. The normalized spacial score (nSPS) is 15.3. The molecular formula is C32H28ClF6N9O4. The number of halogens is 7. The summed E-state index contributed by atoms with van der Waals surface area (Å²) in [6.07, 6.45) is -6.11. The van der Waals surface area contributed by atoms with Gasteiger partial charge in [-0.3, -0.25) is 19.1 Å². The monoisotopic (exact) mass is 751 g/mol. The zero-order valence-electron chi connectivity index (χ0n) is 26.9. The van der Waals surface area contributed by atoms with E-state index in [-0.39, 0.29) is 18.0 Å². The first kappa shape index (κ1) is 37.5. The Morgan fingerprint density at radius 2 is 1.63 bits per heavy atom. The molecule has 20 heteroatoms. The van der Waals surface area contributed by atoms with E-state index in [4.69, 9.17) is 11.6 Å². The molecule has 4 aromatic rings. The number of carbonyl (C=O) groups excluding carboxylic acids is 4. The van der Waals surface area contributed by atoms with Crippen LogP contribution in [0, 0.1) is 0 Å². The second-order valence-corrected chi connectivity index (χ2v) is 12.0. The number of carbonyl (C=O) groups is 4. The summed E-state index contributed by atoms with van der Waals surface area (Å²) < 4.78 is 68.6. The molecule has 0 spiro atoms. The Balaban J connectivity index is 0.000000376. The standard InChI is InChI=1S/C28H28ClN9O2.C4F6O2/c1-37-11-10-24(36-37)26(39)38-12-9-21(16-38)33-28(40)34-23-8-7-20-14-18(23)6-5-17-3-2-4-19(13-17)32-27-30-15-22(29)25(31-20)35-27;5-3(6,7)1(11)2(12)4(8,9)10/h2-4,7-8,10-11,13-15,21H,5-6,9,12,16H2,1H3,(H2,33,34,40)(H2,30,31,32,35);/t21-;/m0./s1. The molecule has 0 unspecified atom stereocenters. The number of Topliss-reactive ketones (excluding diaryl/α,β-unsaturated/α-hetero) is 2. The van der Waals surface area contributed by atoms with E-state index in [2.05, 4.69) is 48.5 Å². The van der Waals surface area contributed by atoms with Gasteiger partial charge < -0.3 is 26.2 Å². The van der Waals surface area contributed by atoms with Gasteiger partial charge in [-0.2, -0.15) is 36.4 Å². The number of nitrogens with zero attached hydrogens (tertiary/aromatic N) is 5. The first-order chi connectivity index (χ1) is 24.5. The van der Waals surface area contributed by atoms with E-state index >= 15 is 0 Å². The van der Waals surface area contributed by atoms with Crippen LogP contribution < -0.4 is 21.3 Å². The summed E-state index contributed by atoms with van der Waals surface area (Å²) in [4.78, 5) is 55.5. The van der Waals surface area contributed by atoms with Crippen molar-refractivity contribution in [3.8, 4) is 0 Å². The predicted octanol–water partition coefficient (Wildman–Crippen LogP) is 5.73. The van der Waals surface area contributed by atoms with E-state index in [9.17, 15) is 45.5 Å². The van der Waals surface area contributed by atoms with Gasteiger partial charge in [-0.1, -0.05) is 23.7 Å². The molecule has 2 aliphatic heterocycles. The lowest BCUT2D eigenvalue weighted by molar-refractivity contribution is -0.193. The third kappa shape index (κ3) is 9.53. The third-order valence-corrected chi connectivity index (χ3v) is 7.97. The number of amides is 3. The Hall–Kier alpha value is -5.72. The molecule has 52 heavy (non-hydrogen) atoms. The van der Waals surface area contributed by atoms with Gasteiger partial charge in [0, 0.05) is 49.4 Å². The van der Waals surface area contributed by atoms with Gasteiger partial charge in [0.2, 0.25) is 5.95 Å². The molecule has 2 aliphatic rings. The van der Waals surface area contributed by atoms with Gasteiger partial charge >= 0.3 is 30.0 Å². The molecule has 1 fully saturated rings. The number of rotatable bonds is 4. The molecule has 0 aliphatic carbocycles. The molecule has 6 rings (SSSR count). The molecule has 2 aromatic heterocycles. The molecule has 2 aromatic carbocycles. The van der Waals surface area contributed by atoms with Crippen molar-refractivity contribution in [2.24, 2.45) is 7.05 Å². The molecule has 3 amide bonds. The largest absolute Gasteiger partial charge is 0.458 e. The number of ketones is 2. The number of alkyl halides is 6. The molecular weight excluding hydrogens is 724 g/mol. The van der Waals surface area contributed by atoms with Crippen LogP contribution in [0.15, 0.2) is 60.9 Å². The fourth-order valence-electron chi connectivity index (χ4n) is 5.22. The van der Waals surface area contributed by atoms with Crippen molar-refractivity contribution in [1.29, 1.82) is 0 Å². The van der Waals surface area contributed by atoms with Crippen molar-refractivity contribution in [1.82, 2.24) is 30.0 Å². The van der Waals surface area contributed by atoms with E-state index in [1.54, 1.807) is 35.1 Å². The Kier molecular flexibility index (Phi) is 11.0. The number of aromatic nitrogens is 4. The number of urea groups is 1. The number of fused-ring (bicyclic) bond motifs is 6. The van der Waals surface area contributed by atoms with Crippen LogP contribution in [-0.4, -0.2) is 79.6 Å². The Morgan fingerprint density at radius 3 is 2.31 bits per heavy atom. The maximum atomic E-state index is 13.0. The minimum Gasteiger partial charge on any atom is -0.339 e. The van der Waals surface area contributed by atoms with Crippen molar-refractivity contribution in [3.63, 3.8) is 0 Å². The molecule has 13 nitrogen and oxygen atoms in total. The van der Waals surface area contributed by atoms with Crippen LogP contribution in [0.25, 0.3) is 0 Å². The lowest BCUT2D eigenvalue weighted by atomic mass is 10.0. The van der Waals surface area contributed by atoms with Crippen molar-refractivity contribution in [2.45, 2.75) is 37.7 Å². The summed E-state index contributed by atoms with van der Waals surface area (Å²) in [5.41, 5.74) is 4.88. The average Bonchev–Trinajstić information content (AvgIpc) is 3.73. The highest BCUT2D eigenvalue weighted by Gasteiger charge is 2.54. The zero-order chi connectivity index (χ0) is 37.8. The van der Waals surface area contributed by atoms with Gasteiger partial charge in [0.05, 0.1) is 6.20 Å². The second kappa shape index (κ2) is 15.3. The molecule has 4 N–H and O–H groups in total. The molecule has 1 atom stereocenters. The lowest BCUT2D eigenvalue weighted by Gasteiger charge is -2.18. The predicted molar refractivity (Wildman–Crippen MR) is 176 cm³/mol. The molecule has 1 saturated heterocycles. The average molecular weight is 752 g/mol. The first-order valence-corrected chi connectivity index (χ1v) is 15.7. The maximum Gasteiger partial charge on any atom is 0.458 e. The van der Waals surface area contributed by atoms with Gasteiger partial charge in [0.1, 0.15) is 10.7 Å². The van der Waals surface area contributed by atoms with E-state index in [0.717, 1.165) is 28.9 Å². The van der Waals surface area contributed by atoms with Crippen LogP contribution in [-0.2, 0) is 29.5 Å². The first-order valence-electron chi connectivity index (χ1n) is 15.3. The summed E-state index contributed by atoms with van der Waals surface area (Å²) in [6, 6.07) is 15.0. The number of hydrogen-bond acceptors (Lipinski definition) is 9. The number of benzene rings is 2. The van der Waals surface area contributed by atoms with E-state index in [0.29, 0.717) is 54.1 Å². The van der Waals surface area contributed by atoms with Crippen LogP contribution in [0.3, 0.4) is 0 Å². The van der Waals surface area contributed by atoms with Crippen molar-refractivity contribution in [2.75, 3.05) is 29.0 Å². The quantitative estimate of drug-likeness (QED) is 0.151. The van der Waals surface area contributed by atoms with Gasteiger partial charge in [-0.25, -0.2) is 9.78 Å². The van der Waals surface area contributed by atoms with Crippen LogP contribution >= 0.6 is 11.6 Å². The van der Waals surface area contributed by atoms with E-state index in [1.165, 1.54) is 0 Å². The highest BCUT2D eigenvalue weighted by molar-refractivity contribution is 6.41. The van der Waals surface area contributed by atoms with Gasteiger partial charge in [-0.05, 0) is 66.8 Å². The van der Waals surface area contributed by atoms with Crippen LogP contribution in [0.1, 0.15) is 28.0 Å². The molecule has 4 heterocycles. The van der Waals surface area contributed by atoms with Crippen molar-refractivity contribution in [3.05, 3.63) is 82.8 Å². The number of nitrogens with one attached hydrogen (secondary N) is 4. The molecule has 274 valence electrons. The second-order valence-electron chi connectivity index (χ2n) is 11.6. The third-order valence-electron chi connectivity index (χ3n) is 7.69. The van der Waals surface area contributed by atoms with E-state index in [1.807, 2.05) is 30.3 Å². The van der Waals surface area contributed by atoms with Crippen molar-refractivity contribution < 1.29 is 45.5 Å². The number of anilines is 5. The fraction of sp³-hybridized carbons (Fsp3) is 0.281. The van der Waals surface area contributed by atoms with Gasteiger partial charge in [0.25, 0.3) is 5.91 Å². The Labute approximate surface area is 295 Å². The SMILES string of the molecule is Cn1ccc(C(=O)N2CC[C@H](NC(=O)Nc3ccc4cc3CCc3cccc(c3)Nc3ncc(Cl)c(n3)N4)C2)n1.O=C(C(=O)C(F)(F)F)C(F)(F)F. The summed E-state index contributed by atoms with van der Waals surface area (Å²) in [5, 5.41) is 17.1. The number of likely N-dealkylation sites (tertiary alicyclic amines) is 1. The Morgan fingerprint density at radius 1 is 0.923 bits per heavy atom. The number of aryl methyl sites for hydroxylation is 3. The van der Waals surface area contributed by atoms with Crippen LogP contribution in [0.5, 0.6) is 0 Å².